The van der Waals surface area contributed by atoms with Gasteiger partial charge >= 0.3 is 0 Å². The lowest BCUT2D eigenvalue weighted by atomic mass is 10.1. The minimum absolute atomic E-state index is 0.748. The molecule has 0 fully saturated rings. The smallest absolute Gasteiger partial charge is 0.0597 e. The molecule has 2 aromatic carbocycles. The number of nitrogens with one attached hydrogen (secondary N) is 1. The van der Waals surface area contributed by atoms with Gasteiger partial charge in [-0.1, -0.05) is 29.8 Å². The van der Waals surface area contributed by atoms with Crippen LogP contribution >= 0.6 is 22.9 Å². The molecular formula is C17H17ClN2S. The molecule has 1 aromatic heterocycles. The van der Waals surface area contributed by atoms with Crippen molar-refractivity contribution >= 4 is 44.4 Å². The zero-order valence-electron chi connectivity index (χ0n) is 12.1. The minimum atomic E-state index is 0.748. The van der Waals surface area contributed by atoms with Crippen molar-refractivity contribution in [1.82, 2.24) is 0 Å². The Bertz CT molecular complexity index is 764. The van der Waals surface area contributed by atoms with E-state index in [0.717, 1.165) is 22.9 Å². The van der Waals surface area contributed by atoms with Gasteiger partial charge in [0.15, 0.2) is 0 Å². The molecule has 0 amide bonds. The van der Waals surface area contributed by atoms with Crippen molar-refractivity contribution in [3.63, 3.8) is 0 Å². The second kappa shape index (κ2) is 5.96. The van der Waals surface area contributed by atoms with E-state index in [0.29, 0.717) is 0 Å². The van der Waals surface area contributed by atoms with Crippen LogP contribution in [-0.4, -0.2) is 14.1 Å². The van der Waals surface area contributed by atoms with Gasteiger partial charge in [0.1, 0.15) is 0 Å². The molecule has 4 heteroatoms. The Labute approximate surface area is 134 Å². The first-order valence-corrected chi connectivity index (χ1v) is 8.07. The van der Waals surface area contributed by atoms with E-state index >= 15 is 0 Å². The van der Waals surface area contributed by atoms with Crippen LogP contribution in [0.25, 0.3) is 10.1 Å². The van der Waals surface area contributed by atoms with Crippen LogP contribution in [0.15, 0.2) is 47.8 Å². The summed E-state index contributed by atoms with van der Waals surface area (Å²) >= 11 is 7.91. The first-order chi connectivity index (χ1) is 10.1. The normalized spacial score (nSPS) is 10.8. The lowest BCUT2D eigenvalue weighted by Gasteiger charge is -2.18. The van der Waals surface area contributed by atoms with Crippen molar-refractivity contribution in [1.29, 1.82) is 0 Å². The predicted molar refractivity (Wildman–Crippen MR) is 94.9 cm³/mol. The molecule has 21 heavy (non-hydrogen) atoms. The van der Waals surface area contributed by atoms with Crippen LogP contribution in [0.1, 0.15) is 5.56 Å². The molecular weight excluding hydrogens is 300 g/mol. The number of fused-ring (bicyclic) bond motifs is 1. The lowest BCUT2D eigenvalue weighted by molar-refractivity contribution is 1.11. The summed E-state index contributed by atoms with van der Waals surface area (Å²) in [6, 6.07) is 14.4. The van der Waals surface area contributed by atoms with E-state index in [1.807, 2.05) is 32.3 Å². The Hall–Kier alpha value is -1.71. The highest BCUT2D eigenvalue weighted by molar-refractivity contribution is 7.17. The molecule has 1 N–H and O–H groups in total. The average molecular weight is 317 g/mol. The molecule has 0 bridgehead atoms. The number of hydrogen-bond donors (Lipinski definition) is 1. The Morgan fingerprint density at radius 3 is 2.76 bits per heavy atom. The number of hydrogen-bond acceptors (Lipinski definition) is 3. The number of thiophene rings is 1. The largest absolute Gasteiger partial charge is 0.379 e. The molecule has 3 aromatic rings. The van der Waals surface area contributed by atoms with Crippen LogP contribution in [0.4, 0.5) is 11.4 Å². The highest BCUT2D eigenvalue weighted by atomic mass is 35.5. The molecule has 108 valence electrons. The summed E-state index contributed by atoms with van der Waals surface area (Å²) in [6.07, 6.45) is 0. The maximum absolute atomic E-state index is 6.12. The Balaban J connectivity index is 1.86. The first kappa shape index (κ1) is 14.2. The van der Waals surface area contributed by atoms with E-state index < -0.39 is 0 Å². The molecule has 0 unspecified atom stereocenters. The van der Waals surface area contributed by atoms with E-state index in [9.17, 15) is 0 Å². The van der Waals surface area contributed by atoms with Crippen molar-refractivity contribution in [3.8, 4) is 0 Å². The Kier molecular flexibility index (Phi) is 4.04. The van der Waals surface area contributed by atoms with Gasteiger partial charge in [0.25, 0.3) is 0 Å². The molecule has 0 radical (unpaired) electrons. The van der Waals surface area contributed by atoms with Crippen LogP contribution in [0.3, 0.4) is 0 Å². The van der Waals surface area contributed by atoms with E-state index in [1.54, 1.807) is 11.3 Å². The topological polar surface area (TPSA) is 15.3 Å². The molecule has 0 aliphatic rings. The van der Waals surface area contributed by atoms with Crippen molar-refractivity contribution in [2.24, 2.45) is 0 Å². The van der Waals surface area contributed by atoms with Crippen LogP contribution in [0.5, 0.6) is 0 Å². The van der Waals surface area contributed by atoms with Gasteiger partial charge in [-0.15, -0.1) is 11.3 Å². The Morgan fingerprint density at radius 1 is 1.14 bits per heavy atom. The van der Waals surface area contributed by atoms with E-state index in [4.69, 9.17) is 11.6 Å². The van der Waals surface area contributed by atoms with Crippen molar-refractivity contribution in [3.05, 3.63) is 58.4 Å². The molecule has 0 aliphatic carbocycles. The maximum Gasteiger partial charge on any atom is 0.0597 e. The maximum atomic E-state index is 6.12. The molecule has 0 spiro atoms. The summed E-state index contributed by atoms with van der Waals surface area (Å²) in [5, 5.41) is 7.80. The summed E-state index contributed by atoms with van der Waals surface area (Å²) in [5.74, 6) is 0. The van der Waals surface area contributed by atoms with Crippen molar-refractivity contribution < 1.29 is 0 Å². The van der Waals surface area contributed by atoms with Crippen molar-refractivity contribution in [2.45, 2.75) is 6.54 Å². The minimum Gasteiger partial charge on any atom is -0.379 e. The summed E-state index contributed by atoms with van der Waals surface area (Å²) in [4.78, 5) is 2.09. The summed E-state index contributed by atoms with van der Waals surface area (Å²) in [7, 11) is 4.07. The fourth-order valence-corrected chi connectivity index (χ4v) is 3.53. The third-order valence-electron chi connectivity index (χ3n) is 3.47. The Morgan fingerprint density at radius 2 is 1.95 bits per heavy atom. The number of nitrogens with zero attached hydrogens (tertiary/aromatic N) is 1. The van der Waals surface area contributed by atoms with Crippen LogP contribution in [-0.2, 0) is 6.54 Å². The standard InChI is InChI=1S/C17H17ClN2S/c1-20(2)16-8-7-13(18)9-15(16)19-10-12-11-21-17-6-4-3-5-14(12)17/h3-9,11,19H,10H2,1-2H3. The van der Waals surface area contributed by atoms with Gasteiger partial charge in [0.05, 0.1) is 11.4 Å². The second-order valence-corrected chi connectivity index (χ2v) is 6.51. The van der Waals surface area contributed by atoms with Gasteiger partial charge in [0, 0.05) is 30.4 Å². The average Bonchev–Trinajstić information content (AvgIpc) is 2.88. The van der Waals surface area contributed by atoms with Gasteiger partial charge in [-0.25, -0.2) is 0 Å². The molecule has 2 nitrogen and oxygen atoms in total. The second-order valence-electron chi connectivity index (χ2n) is 5.17. The summed E-state index contributed by atoms with van der Waals surface area (Å²) in [5.41, 5.74) is 3.52. The summed E-state index contributed by atoms with van der Waals surface area (Å²) < 4.78 is 1.33. The van der Waals surface area contributed by atoms with Crippen LogP contribution < -0.4 is 10.2 Å². The van der Waals surface area contributed by atoms with Gasteiger partial charge in [-0.2, -0.15) is 0 Å². The molecule has 1 heterocycles. The first-order valence-electron chi connectivity index (χ1n) is 6.81. The van der Waals surface area contributed by atoms with Gasteiger partial charge in [0.2, 0.25) is 0 Å². The molecule has 3 rings (SSSR count). The fraction of sp³-hybridized carbons (Fsp3) is 0.176. The highest BCUT2D eigenvalue weighted by Crippen LogP contribution is 2.30. The van der Waals surface area contributed by atoms with Gasteiger partial charge in [-0.3, -0.25) is 0 Å². The highest BCUT2D eigenvalue weighted by Gasteiger charge is 2.07. The summed E-state index contributed by atoms with van der Waals surface area (Å²) in [6.45, 7) is 0.797. The third-order valence-corrected chi connectivity index (χ3v) is 4.72. The zero-order valence-corrected chi connectivity index (χ0v) is 13.6. The quantitative estimate of drug-likeness (QED) is 0.708. The SMILES string of the molecule is CN(C)c1ccc(Cl)cc1NCc1csc2ccccc12. The molecule has 0 saturated carbocycles. The van der Waals surface area contributed by atoms with E-state index in [2.05, 4.69) is 39.9 Å². The zero-order chi connectivity index (χ0) is 14.8. The molecule has 0 aliphatic heterocycles. The number of anilines is 2. The number of halogens is 1. The van der Waals surface area contributed by atoms with Crippen LogP contribution in [0, 0.1) is 0 Å². The fourth-order valence-electron chi connectivity index (χ4n) is 2.40. The number of rotatable bonds is 4. The van der Waals surface area contributed by atoms with E-state index in [-0.39, 0.29) is 0 Å². The monoisotopic (exact) mass is 316 g/mol. The predicted octanol–water partition coefficient (Wildman–Crippen LogP) is 5.23. The third kappa shape index (κ3) is 2.99. The van der Waals surface area contributed by atoms with Gasteiger partial charge < -0.3 is 10.2 Å². The van der Waals surface area contributed by atoms with Gasteiger partial charge in [-0.05, 0) is 40.6 Å². The molecule has 0 atom stereocenters. The van der Waals surface area contributed by atoms with Crippen molar-refractivity contribution in [2.75, 3.05) is 24.3 Å². The molecule has 0 saturated heterocycles. The lowest BCUT2D eigenvalue weighted by Crippen LogP contribution is -2.12. The number of benzene rings is 2. The van der Waals surface area contributed by atoms with Crippen LogP contribution in [0.2, 0.25) is 5.02 Å². The van der Waals surface area contributed by atoms with E-state index in [1.165, 1.54) is 15.6 Å².